The molecule has 0 saturated heterocycles. The van der Waals surface area contributed by atoms with Gasteiger partial charge in [0.25, 0.3) is 15.9 Å². The molecule has 0 unspecified atom stereocenters. The van der Waals surface area contributed by atoms with Crippen LogP contribution in [0.15, 0.2) is 76.5 Å². The number of hydrogen-bond donors (Lipinski definition) is 2. The van der Waals surface area contributed by atoms with Crippen molar-refractivity contribution in [2.75, 3.05) is 24.7 Å². The van der Waals surface area contributed by atoms with E-state index >= 15 is 0 Å². The summed E-state index contributed by atoms with van der Waals surface area (Å²) in [4.78, 5) is 13.5. The molecular weight excluding hydrogens is 496 g/mol. The normalized spacial score (nSPS) is 12.0. The molecule has 0 spiro atoms. The molecule has 0 saturated carbocycles. The lowest BCUT2D eigenvalue weighted by molar-refractivity contribution is -0.123. The van der Waals surface area contributed by atoms with Crippen LogP contribution < -0.4 is 19.5 Å². The number of rotatable bonds is 10. The summed E-state index contributed by atoms with van der Waals surface area (Å²) in [7, 11) is -2.36. The third kappa shape index (κ3) is 6.82. The Morgan fingerprint density at radius 1 is 1.06 bits per heavy atom. The Labute approximate surface area is 208 Å². The fourth-order valence-corrected chi connectivity index (χ4v) is 4.78. The van der Waals surface area contributed by atoms with Gasteiger partial charge in [0, 0.05) is 4.90 Å². The second kappa shape index (κ2) is 11.5. The van der Waals surface area contributed by atoms with Crippen LogP contribution in [0.25, 0.3) is 0 Å². The van der Waals surface area contributed by atoms with E-state index in [1.165, 1.54) is 37.4 Å². The lowest BCUT2D eigenvalue weighted by atomic mass is 10.1. The minimum absolute atomic E-state index is 0.0403. The zero-order chi connectivity index (χ0) is 24.7. The fraction of sp³-hybridized carbons (Fsp3) is 0.208. The Morgan fingerprint density at radius 3 is 2.32 bits per heavy atom. The minimum Gasteiger partial charge on any atom is -0.495 e. The van der Waals surface area contributed by atoms with E-state index in [-0.39, 0.29) is 28.5 Å². The Bertz CT molecular complexity index is 1230. The van der Waals surface area contributed by atoms with E-state index < -0.39 is 10.0 Å². The van der Waals surface area contributed by atoms with E-state index in [1.54, 1.807) is 23.9 Å². The second-order valence-corrected chi connectivity index (χ2v) is 10.2. The van der Waals surface area contributed by atoms with Gasteiger partial charge in [-0.25, -0.2) is 8.42 Å². The summed E-state index contributed by atoms with van der Waals surface area (Å²) in [6.45, 7) is 1.70. The maximum Gasteiger partial charge on any atom is 0.261 e. The first-order valence-electron chi connectivity index (χ1n) is 10.2. The SMILES string of the molecule is COc1ccc(NS(=O)(=O)c2ccc(OCC(=O)N[C@H](C)c3ccc(SC)cc3)cc2)cc1Cl. The van der Waals surface area contributed by atoms with Crippen molar-refractivity contribution in [3.63, 3.8) is 0 Å². The molecule has 3 aromatic carbocycles. The highest BCUT2D eigenvalue weighted by atomic mass is 35.5. The number of methoxy groups -OCH3 is 1. The zero-order valence-electron chi connectivity index (χ0n) is 18.9. The van der Waals surface area contributed by atoms with Crippen molar-refractivity contribution >= 4 is 45.0 Å². The third-order valence-electron chi connectivity index (χ3n) is 4.90. The van der Waals surface area contributed by atoms with Crippen LogP contribution in [0.1, 0.15) is 18.5 Å². The number of nitrogens with one attached hydrogen (secondary N) is 2. The second-order valence-electron chi connectivity index (χ2n) is 7.28. The first-order valence-corrected chi connectivity index (χ1v) is 13.3. The molecule has 1 amide bonds. The largest absolute Gasteiger partial charge is 0.495 e. The van der Waals surface area contributed by atoms with Crippen LogP contribution in [0.5, 0.6) is 11.5 Å². The van der Waals surface area contributed by atoms with Gasteiger partial charge in [0.1, 0.15) is 11.5 Å². The van der Waals surface area contributed by atoms with Gasteiger partial charge in [0.2, 0.25) is 0 Å². The van der Waals surface area contributed by atoms with E-state index in [0.29, 0.717) is 17.2 Å². The highest BCUT2D eigenvalue weighted by molar-refractivity contribution is 7.98. The first-order chi connectivity index (χ1) is 16.2. The molecule has 0 heterocycles. The molecule has 180 valence electrons. The number of sulfonamides is 1. The van der Waals surface area contributed by atoms with Gasteiger partial charge in [-0.2, -0.15) is 0 Å². The molecule has 34 heavy (non-hydrogen) atoms. The quantitative estimate of drug-likeness (QED) is 0.360. The number of anilines is 1. The maximum atomic E-state index is 12.6. The van der Waals surface area contributed by atoms with Gasteiger partial charge < -0.3 is 14.8 Å². The predicted octanol–water partition coefficient (Wildman–Crippen LogP) is 5.13. The average molecular weight is 521 g/mol. The smallest absolute Gasteiger partial charge is 0.261 e. The molecule has 0 aliphatic heterocycles. The van der Waals surface area contributed by atoms with Crippen LogP contribution in [0.2, 0.25) is 5.02 Å². The van der Waals surface area contributed by atoms with E-state index in [2.05, 4.69) is 10.0 Å². The topological polar surface area (TPSA) is 93.7 Å². The van der Waals surface area contributed by atoms with Gasteiger partial charge in [-0.05, 0) is 73.3 Å². The number of hydrogen-bond acceptors (Lipinski definition) is 6. The molecule has 1 atom stereocenters. The number of carbonyl (C=O) groups is 1. The molecular formula is C24H25ClN2O5S2. The van der Waals surface area contributed by atoms with Crippen molar-refractivity contribution in [1.82, 2.24) is 5.32 Å². The summed E-state index contributed by atoms with van der Waals surface area (Å²) in [5, 5.41) is 3.17. The maximum absolute atomic E-state index is 12.6. The van der Waals surface area contributed by atoms with Gasteiger partial charge >= 0.3 is 0 Å². The van der Waals surface area contributed by atoms with Crippen molar-refractivity contribution in [3.05, 3.63) is 77.3 Å². The monoisotopic (exact) mass is 520 g/mol. The van der Waals surface area contributed by atoms with Crippen LogP contribution in [0.3, 0.4) is 0 Å². The number of benzene rings is 3. The number of thioether (sulfide) groups is 1. The van der Waals surface area contributed by atoms with Crippen molar-refractivity contribution in [2.24, 2.45) is 0 Å². The first kappa shape index (κ1) is 25.7. The predicted molar refractivity (Wildman–Crippen MR) is 136 cm³/mol. The molecule has 0 aromatic heterocycles. The third-order valence-corrected chi connectivity index (χ3v) is 7.34. The lowest BCUT2D eigenvalue weighted by Gasteiger charge is -2.15. The van der Waals surface area contributed by atoms with E-state index in [0.717, 1.165) is 10.5 Å². The molecule has 0 fully saturated rings. The molecule has 0 aliphatic carbocycles. The summed E-state index contributed by atoms with van der Waals surface area (Å²) < 4.78 is 38.3. The van der Waals surface area contributed by atoms with Gasteiger partial charge in [-0.1, -0.05) is 23.7 Å². The highest BCUT2D eigenvalue weighted by Gasteiger charge is 2.16. The molecule has 2 N–H and O–H groups in total. The summed E-state index contributed by atoms with van der Waals surface area (Å²) in [5.74, 6) is 0.535. The molecule has 7 nitrogen and oxygen atoms in total. The van der Waals surface area contributed by atoms with Crippen molar-refractivity contribution in [3.8, 4) is 11.5 Å². The van der Waals surface area contributed by atoms with E-state index in [4.69, 9.17) is 21.1 Å². The number of ether oxygens (including phenoxy) is 2. The van der Waals surface area contributed by atoms with Gasteiger partial charge in [-0.3, -0.25) is 9.52 Å². The molecule has 0 aliphatic rings. The summed E-state index contributed by atoms with van der Waals surface area (Å²) >= 11 is 7.71. The van der Waals surface area contributed by atoms with E-state index in [9.17, 15) is 13.2 Å². The molecule has 3 aromatic rings. The van der Waals surface area contributed by atoms with Crippen LogP contribution >= 0.6 is 23.4 Å². The number of carbonyl (C=O) groups excluding carboxylic acids is 1. The fourth-order valence-electron chi connectivity index (χ4n) is 3.07. The van der Waals surface area contributed by atoms with E-state index in [1.807, 2.05) is 37.4 Å². The van der Waals surface area contributed by atoms with Crippen LogP contribution in [-0.2, 0) is 14.8 Å². The Hall–Kier alpha value is -2.88. The molecule has 0 radical (unpaired) electrons. The molecule has 10 heteroatoms. The van der Waals surface area contributed by atoms with Gasteiger partial charge in [0.05, 0.1) is 28.8 Å². The Kier molecular flexibility index (Phi) is 8.71. The summed E-state index contributed by atoms with van der Waals surface area (Å²) in [5.41, 5.74) is 1.30. The average Bonchev–Trinajstić information content (AvgIpc) is 2.83. The van der Waals surface area contributed by atoms with Crippen LogP contribution in [-0.4, -0.2) is 34.3 Å². The Balaban J connectivity index is 1.55. The minimum atomic E-state index is -3.84. The van der Waals surface area contributed by atoms with Gasteiger partial charge in [-0.15, -0.1) is 11.8 Å². The Morgan fingerprint density at radius 2 is 1.74 bits per heavy atom. The van der Waals surface area contributed by atoms with Crippen LogP contribution in [0, 0.1) is 0 Å². The summed E-state index contributed by atoms with van der Waals surface area (Å²) in [6.07, 6.45) is 2.01. The molecule has 3 rings (SSSR count). The number of amides is 1. The summed E-state index contributed by atoms with van der Waals surface area (Å²) in [6, 6.07) is 18.2. The molecule has 0 bridgehead atoms. The van der Waals surface area contributed by atoms with Crippen molar-refractivity contribution in [2.45, 2.75) is 22.8 Å². The van der Waals surface area contributed by atoms with Gasteiger partial charge in [0.15, 0.2) is 6.61 Å². The lowest BCUT2D eigenvalue weighted by Crippen LogP contribution is -2.31. The zero-order valence-corrected chi connectivity index (χ0v) is 21.3. The standard InChI is InChI=1S/C24H25ClN2O5S2/c1-16(17-4-9-20(33-3)10-5-17)26-24(28)15-32-19-7-11-21(12-8-19)34(29,30)27-18-6-13-23(31-2)22(25)14-18/h4-14,16,27H,15H2,1-3H3,(H,26,28)/t16-/m1/s1. The highest BCUT2D eigenvalue weighted by Crippen LogP contribution is 2.28. The van der Waals surface area contributed by atoms with Crippen LogP contribution in [0.4, 0.5) is 5.69 Å². The van der Waals surface area contributed by atoms with Crippen molar-refractivity contribution in [1.29, 1.82) is 0 Å². The van der Waals surface area contributed by atoms with Crippen molar-refractivity contribution < 1.29 is 22.7 Å². The number of halogens is 1.